The van der Waals surface area contributed by atoms with E-state index in [1.54, 1.807) is 0 Å². The van der Waals surface area contributed by atoms with Crippen molar-refractivity contribution in [1.82, 2.24) is 0 Å². The molecule has 0 rings (SSSR count). The molecule has 0 spiro atoms. The molecule has 0 fully saturated rings. The molecular weight excluding hydrogens is 521 g/mol. The summed E-state index contributed by atoms with van der Waals surface area (Å²) in [6, 6.07) is 0. The molecule has 2 unspecified atom stereocenters. The molecule has 10 heteroatoms. The van der Waals surface area contributed by atoms with Crippen LogP contribution in [0.15, 0.2) is 0 Å². The molecule has 0 radical (unpaired) electrons. The third-order valence-corrected chi connectivity index (χ3v) is 7.37. The van der Waals surface area contributed by atoms with Crippen molar-refractivity contribution < 1.29 is 42.1 Å². The Balaban J connectivity index is 4.56. The number of rotatable bonds is 27. The van der Waals surface area contributed by atoms with Crippen LogP contribution in [0.4, 0.5) is 0 Å². The summed E-state index contributed by atoms with van der Waals surface area (Å²) in [6.07, 6.45) is 16.1. The van der Waals surface area contributed by atoms with E-state index in [0.717, 1.165) is 32.1 Å². The number of esters is 2. The van der Waals surface area contributed by atoms with Crippen LogP contribution in [-0.4, -0.2) is 74.9 Å². The lowest BCUT2D eigenvalue weighted by molar-refractivity contribution is -0.870. The van der Waals surface area contributed by atoms with Crippen molar-refractivity contribution in [3.05, 3.63) is 0 Å². The van der Waals surface area contributed by atoms with Crippen LogP contribution in [0.3, 0.4) is 0 Å². The molecule has 232 valence electrons. The van der Waals surface area contributed by atoms with Gasteiger partial charge in [-0.3, -0.25) is 18.6 Å². The summed E-state index contributed by atoms with van der Waals surface area (Å²) in [4.78, 5) is 34.6. The number of phosphoric ester groups is 1. The minimum Gasteiger partial charge on any atom is -0.462 e. The van der Waals surface area contributed by atoms with Gasteiger partial charge in [0.2, 0.25) is 0 Å². The van der Waals surface area contributed by atoms with Crippen LogP contribution >= 0.6 is 7.82 Å². The van der Waals surface area contributed by atoms with E-state index in [2.05, 4.69) is 13.8 Å². The first-order valence-corrected chi connectivity index (χ1v) is 16.8. The molecular formula is C29H59NO8P+. The number of quaternary nitrogens is 1. The van der Waals surface area contributed by atoms with E-state index in [1.807, 2.05) is 21.1 Å². The second-order valence-electron chi connectivity index (χ2n) is 11.5. The van der Waals surface area contributed by atoms with E-state index in [0.29, 0.717) is 23.9 Å². The summed E-state index contributed by atoms with van der Waals surface area (Å²) in [6.45, 7) is 4.30. The zero-order valence-electron chi connectivity index (χ0n) is 25.6. The quantitative estimate of drug-likeness (QED) is 0.0481. The van der Waals surface area contributed by atoms with Gasteiger partial charge in [0, 0.05) is 12.8 Å². The standard InChI is InChI=1S/C29H58NO8P/c1-6-8-10-12-14-16-18-20-22-29(32)38-27(26-37-39(33,34)36-24-23-30(3,4)5)25-35-28(31)21-19-17-15-13-11-9-7-2/h27H,6-26H2,1-5H3/p+1. The van der Waals surface area contributed by atoms with Crippen LogP contribution in [0, 0.1) is 0 Å². The topological polar surface area (TPSA) is 108 Å². The van der Waals surface area contributed by atoms with Gasteiger partial charge in [0.1, 0.15) is 19.8 Å². The van der Waals surface area contributed by atoms with Gasteiger partial charge in [-0.1, -0.05) is 97.3 Å². The highest BCUT2D eigenvalue weighted by Crippen LogP contribution is 2.43. The summed E-state index contributed by atoms with van der Waals surface area (Å²) >= 11 is 0. The van der Waals surface area contributed by atoms with Crippen molar-refractivity contribution in [2.45, 2.75) is 129 Å². The van der Waals surface area contributed by atoms with Crippen molar-refractivity contribution in [2.75, 3.05) is 47.5 Å². The highest BCUT2D eigenvalue weighted by molar-refractivity contribution is 7.47. The largest absolute Gasteiger partial charge is 0.472 e. The van der Waals surface area contributed by atoms with E-state index < -0.39 is 26.5 Å². The minimum absolute atomic E-state index is 0.0353. The Kier molecular flexibility index (Phi) is 23.1. The molecule has 2 atom stereocenters. The third-order valence-electron chi connectivity index (χ3n) is 6.39. The molecule has 0 saturated carbocycles. The van der Waals surface area contributed by atoms with Gasteiger partial charge in [-0.05, 0) is 12.8 Å². The Morgan fingerprint density at radius 2 is 1.15 bits per heavy atom. The van der Waals surface area contributed by atoms with Crippen LogP contribution in [0.2, 0.25) is 0 Å². The maximum atomic E-state index is 12.4. The third kappa shape index (κ3) is 27.0. The summed E-state index contributed by atoms with van der Waals surface area (Å²) in [7, 11) is 1.48. The van der Waals surface area contributed by atoms with Crippen molar-refractivity contribution in [3.63, 3.8) is 0 Å². The Bertz CT molecular complexity index is 668. The molecule has 0 aromatic heterocycles. The summed E-state index contributed by atoms with van der Waals surface area (Å²) in [5, 5.41) is 0. The molecule has 0 aliphatic heterocycles. The number of nitrogens with zero attached hydrogens (tertiary/aromatic N) is 1. The van der Waals surface area contributed by atoms with Crippen LogP contribution in [0.5, 0.6) is 0 Å². The fourth-order valence-electron chi connectivity index (χ4n) is 3.89. The maximum Gasteiger partial charge on any atom is 0.472 e. The molecule has 0 heterocycles. The predicted octanol–water partition coefficient (Wildman–Crippen LogP) is 6.95. The van der Waals surface area contributed by atoms with Crippen molar-refractivity contribution in [2.24, 2.45) is 0 Å². The summed E-state index contributed by atoms with van der Waals surface area (Å²) in [5.74, 6) is -0.810. The number of carbonyl (C=O) groups excluding carboxylic acids is 2. The molecule has 0 amide bonds. The number of hydrogen-bond donors (Lipinski definition) is 1. The maximum absolute atomic E-state index is 12.4. The van der Waals surface area contributed by atoms with E-state index in [4.69, 9.17) is 18.5 Å². The van der Waals surface area contributed by atoms with Crippen molar-refractivity contribution >= 4 is 19.8 Å². The summed E-state index contributed by atoms with van der Waals surface area (Å²) < 4.78 is 33.8. The van der Waals surface area contributed by atoms with Gasteiger partial charge in [0.15, 0.2) is 6.10 Å². The van der Waals surface area contributed by atoms with Crippen LogP contribution < -0.4 is 0 Å². The first-order chi connectivity index (χ1) is 18.5. The predicted molar refractivity (Wildman–Crippen MR) is 155 cm³/mol. The molecule has 0 aliphatic rings. The molecule has 0 bridgehead atoms. The van der Waals surface area contributed by atoms with Gasteiger partial charge >= 0.3 is 19.8 Å². The van der Waals surface area contributed by atoms with Gasteiger partial charge in [0.05, 0.1) is 27.7 Å². The van der Waals surface area contributed by atoms with Gasteiger partial charge < -0.3 is 18.9 Å². The van der Waals surface area contributed by atoms with Crippen LogP contribution in [0.25, 0.3) is 0 Å². The number of likely N-dealkylation sites (N-methyl/N-ethyl adjacent to an activating group) is 1. The van der Waals surface area contributed by atoms with Gasteiger partial charge in [-0.25, -0.2) is 4.57 Å². The first-order valence-electron chi connectivity index (χ1n) is 15.3. The van der Waals surface area contributed by atoms with Gasteiger partial charge in [0.25, 0.3) is 0 Å². The number of hydrogen-bond acceptors (Lipinski definition) is 7. The number of carbonyl (C=O) groups is 2. The summed E-state index contributed by atoms with van der Waals surface area (Å²) in [5.41, 5.74) is 0. The van der Waals surface area contributed by atoms with E-state index in [9.17, 15) is 19.0 Å². The zero-order chi connectivity index (χ0) is 29.4. The lowest BCUT2D eigenvalue weighted by atomic mass is 10.1. The van der Waals surface area contributed by atoms with Gasteiger partial charge in [-0.15, -0.1) is 0 Å². The molecule has 1 N–H and O–H groups in total. The molecule has 0 saturated heterocycles. The minimum atomic E-state index is -4.34. The lowest BCUT2D eigenvalue weighted by Gasteiger charge is -2.24. The van der Waals surface area contributed by atoms with Gasteiger partial charge in [-0.2, -0.15) is 0 Å². The molecule has 0 aromatic rings. The number of unbranched alkanes of at least 4 members (excludes halogenated alkanes) is 13. The Hall–Kier alpha value is -0.990. The van der Waals surface area contributed by atoms with E-state index in [-0.39, 0.29) is 25.6 Å². The Morgan fingerprint density at radius 1 is 0.692 bits per heavy atom. The fourth-order valence-corrected chi connectivity index (χ4v) is 4.63. The molecule has 39 heavy (non-hydrogen) atoms. The monoisotopic (exact) mass is 580 g/mol. The lowest BCUT2D eigenvalue weighted by Crippen LogP contribution is -2.37. The van der Waals surface area contributed by atoms with Crippen molar-refractivity contribution in [1.29, 1.82) is 0 Å². The molecule has 0 aliphatic carbocycles. The Labute approximate surface area is 238 Å². The SMILES string of the molecule is CCCCCCCCCCC(=O)OC(COC(=O)CCCCCCCCC)COP(=O)(O)OCC[N+](C)(C)C. The fraction of sp³-hybridized carbons (Fsp3) is 0.931. The Morgan fingerprint density at radius 3 is 1.64 bits per heavy atom. The number of ether oxygens (including phenoxy) is 2. The average molecular weight is 581 g/mol. The highest BCUT2D eigenvalue weighted by Gasteiger charge is 2.27. The second kappa shape index (κ2) is 23.7. The smallest absolute Gasteiger partial charge is 0.462 e. The zero-order valence-corrected chi connectivity index (χ0v) is 26.5. The highest BCUT2D eigenvalue weighted by atomic mass is 31.2. The second-order valence-corrected chi connectivity index (χ2v) is 13.0. The molecule has 9 nitrogen and oxygen atoms in total. The van der Waals surface area contributed by atoms with Crippen LogP contribution in [0.1, 0.15) is 123 Å². The van der Waals surface area contributed by atoms with Crippen molar-refractivity contribution in [3.8, 4) is 0 Å². The average Bonchev–Trinajstić information content (AvgIpc) is 2.85. The van der Waals surface area contributed by atoms with Crippen LogP contribution in [-0.2, 0) is 32.7 Å². The number of phosphoric acid groups is 1. The molecule has 0 aromatic carbocycles. The van der Waals surface area contributed by atoms with E-state index >= 15 is 0 Å². The first kappa shape index (κ1) is 38.0. The normalized spacial score (nSPS) is 14.1. The van der Waals surface area contributed by atoms with E-state index in [1.165, 1.54) is 57.8 Å².